The second kappa shape index (κ2) is 8.32. The van der Waals surface area contributed by atoms with Gasteiger partial charge in [0, 0.05) is 12.6 Å². The summed E-state index contributed by atoms with van der Waals surface area (Å²) in [4.78, 5) is 22.8. The van der Waals surface area contributed by atoms with Crippen LogP contribution in [0.1, 0.15) is 46.5 Å². The standard InChI is InChI=1S/C13H24N2O4.ClH/c1-13(2,3)19-12(18)14-8-4-5-10(16)11(17)15-9-6-7-9;/h9-10,16H,4-8H2,1-3H3,(H,14,18)(H,15,17);1H. The van der Waals surface area contributed by atoms with Crippen LogP contribution in [0.5, 0.6) is 0 Å². The lowest BCUT2D eigenvalue weighted by molar-refractivity contribution is -0.129. The largest absolute Gasteiger partial charge is 0.444 e. The lowest BCUT2D eigenvalue weighted by Crippen LogP contribution is -2.37. The number of nitrogens with one attached hydrogen (secondary N) is 2. The van der Waals surface area contributed by atoms with Crippen LogP contribution >= 0.6 is 12.4 Å². The Morgan fingerprint density at radius 1 is 1.35 bits per heavy atom. The average molecular weight is 309 g/mol. The van der Waals surface area contributed by atoms with Crippen LogP contribution in [0.25, 0.3) is 0 Å². The van der Waals surface area contributed by atoms with Crippen molar-refractivity contribution in [3.63, 3.8) is 0 Å². The molecule has 0 saturated heterocycles. The summed E-state index contributed by atoms with van der Waals surface area (Å²) >= 11 is 0. The van der Waals surface area contributed by atoms with E-state index in [9.17, 15) is 14.7 Å². The van der Waals surface area contributed by atoms with Gasteiger partial charge in [-0.05, 0) is 46.5 Å². The van der Waals surface area contributed by atoms with E-state index in [4.69, 9.17) is 4.74 Å². The zero-order valence-corrected chi connectivity index (χ0v) is 13.1. The van der Waals surface area contributed by atoms with Gasteiger partial charge in [0.05, 0.1) is 0 Å². The third kappa shape index (κ3) is 8.98. The Morgan fingerprint density at radius 3 is 2.45 bits per heavy atom. The molecule has 7 heteroatoms. The minimum atomic E-state index is -0.999. The Balaban J connectivity index is 0.00000361. The number of hydrogen-bond acceptors (Lipinski definition) is 4. The number of carbonyl (C=O) groups is 2. The molecule has 0 bridgehead atoms. The Morgan fingerprint density at radius 2 is 1.95 bits per heavy atom. The Hall–Kier alpha value is -1.01. The van der Waals surface area contributed by atoms with Crippen molar-refractivity contribution in [3.05, 3.63) is 0 Å². The SMILES string of the molecule is CC(C)(C)OC(=O)NCCCC(O)C(=O)NC1CC1.Cl. The molecule has 0 aliphatic heterocycles. The summed E-state index contributed by atoms with van der Waals surface area (Å²) in [5.74, 6) is -0.320. The van der Waals surface area contributed by atoms with E-state index in [2.05, 4.69) is 10.6 Å². The fraction of sp³-hybridized carbons (Fsp3) is 0.846. The highest BCUT2D eigenvalue weighted by Gasteiger charge is 2.26. The molecule has 1 unspecified atom stereocenters. The van der Waals surface area contributed by atoms with Crippen molar-refractivity contribution in [3.8, 4) is 0 Å². The van der Waals surface area contributed by atoms with Gasteiger partial charge in [-0.2, -0.15) is 0 Å². The Kier molecular flexibility index (Phi) is 7.90. The number of alkyl carbamates (subject to hydrolysis) is 1. The van der Waals surface area contributed by atoms with E-state index in [1.54, 1.807) is 20.8 Å². The van der Waals surface area contributed by atoms with Gasteiger partial charge in [0.1, 0.15) is 11.7 Å². The molecule has 1 rings (SSSR count). The summed E-state index contributed by atoms with van der Waals surface area (Å²) in [6.07, 6.45) is 1.37. The van der Waals surface area contributed by atoms with E-state index in [-0.39, 0.29) is 24.4 Å². The maximum absolute atomic E-state index is 11.4. The highest BCUT2D eigenvalue weighted by molar-refractivity contribution is 5.85. The lowest BCUT2D eigenvalue weighted by Gasteiger charge is -2.19. The molecule has 0 aromatic carbocycles. The fourth-order valence-electron chi connectivity index (χ4n) is 1.46. The molecular weight excluding hydrogens is 284 g/mol. The molecule has 1 aliphatic rings. The lowest BCUT2D eigenvalue weighted by atomic mass is 10.2. The molecular formula is C13H25ClN2O4. The first kappa shape index (κ1) is 19.0. The maximum atomic E-state index is 11.4. The molecule has 6 nitrogen and oxygen atoms in total. The number of rotatable bonds is 6. The molecule has 3 N–H and O–H groups in total. The number of carbonyl (C=O) groups excluding carboxylic acids is 2. The van der Waals surface area contributed by atoms with Gasteiger partial charge in [0.2, 0.25) is 5.91 Å². The zero-order valence-electron chi connectivity index (χ0n) is 12.3. The molecule has 1 atom stereocenters. The van der Waals surface area contributed by atoms with Gasteiger partial charge in [0.25, 0.3) is 0 Å². The van der Waals surface area contributed by atoms with Crippen LogP contribution in [0.2, 0.25) is 0 Å². The van der Waals surface area contributed by atoms with Gasteiger partial charge in [-0.25, -0.2) is 4.79 Å². The third-order valence-corrected chi connectivity index (χ3v) is 2.55. The normalized spacial score (nSPS) is 15.8. The smallest absolute Gasteiger partial charge is 0.407 e. The first-order valence-electron chi connectivity index (χ1n) is 6.73. The van der Waals surface area contributed by atoms with E-state index in [0.717, 1.165) is 12.8 Å². The number of aliphatic hydroxyl groups excluding tert-OH is 1. The van der Waals surface area contributed by atoms with Gasteiger partial charge in [-0.1, -0.05) is 0 Å². The summed E-state index contributed by atoms with van der Waals surface area (Å²) in [6, 6.07) is 0.252. The molecule has 0 heterocycles. The van der Waals surface area contributed by atoms with Crippen molar-refractivity contribution >= 4 is 24.4 Å². The van der Waals surface area contributed by atoms with Crippen molar-refractivity contribution in [1.29, 1.82) is 0 Å². The van der Waals surface area contributed by atoms with Crippen LogP contribution in [-0.4, -0.2) is 41.4 Å². The number of amides is 2. The van der Waals surface area contributed by atoms with Crippen molar-refractivity contribution in [2.75, 3.05) is 6.54 Å². The van der Waals surface area contributed by atoms with E-state index in [1.807, 2.05) is 0 Å². The van der Waals surface area contributed by atoms with E-state index in [0.29, 0.717) is 19.4 Å². The summed E-state index contributed by atoms with van der Waals surface area (Å²) < 4.78 is 5.06. The van der Waals surface area contributed by atoms with Crippen LogP contribution in [0.3, 0.4) is 0 Å². The summed E-state index contributed by atoms with van der Waals surface area (Å²) in [5, 5.41) is 14.9. The molecule has 2 amide bonds. The predicted molar refractivity (Wildman–Crippen MR) is 77.9 cm³/mol. The van der Waals surface area contributed by atoms with Crippen LogP contribution in [0, 0.1) is 0 Å². The third-order valence-electron chi connectivity index (χ3n) is 2.55. The van der Waals surface area contributed by atoms with Gasteiger partial charge in [-0.15, -0.1) is 12.4 Å². The second-order valence-electron chi connectivity index (χ2n) is 5.87. The molecule has 1 saturated carbocycles. The summed E-state index contributed by atoms with van der Waals surface area (Å²) in [6.45, 7) is 5.75. The zero-order chi connectivity index (χ0) is 14.5. The first-order valence-corrected chi connectivity index (χ1v) is 6.73. The first-order chi connectivity index (χ1) is 8.78. The number of hydrogen-bond donors (Lipinski definition) is 3. The van der Waals surface area contributed by atoms with Gasteiger partial charge in [-0.3, -0.25) is 4.79 Å². The van der Waals surface area contributed by atoms with Gasteiger partial charge < -0.3 is 20.5 Å². The van der Waals surface area contributed by atoms with Crippen LogP contribution < -0.4 is 10.6 Å². The molecule has 1 fully saturated rings. The highest BCUT2D eigenvalue weighted by atomic mass is 35.5. The number of aliphatic hydroxyl groups is 1. The molecule has 20 heavy (non-hydrogen) atoms. The van der Waals surface area contributed by atoms with E-state index in [1.165, 1.54) is 0 Å². The number of halogens is 1. The Bertz CT molecular complexity index is 327. The van der Waals surface area contributed by atoms with Crippen molar-refractivity contribution in [1.82, 2.24) is 10.6 Å². The number of ether oxygens (including phenoxy) is 1. The molecule has 0 spiro atoms. The average Bonchev–Trinajstić information content (AvgIpc) is 3.05. The second-order valence-corrected chi connectivity index (χ2v) is 5.87. The van der Waals surface area contributed by atoms with Gasteiger partial charge in [0.15, 0.2) is 0 Å². The summed E-state index contributed by atoms with van der Waals surface area (Å²) in [7, 11) is 0. The quantitative estimate of drug-likeness (QED) is 0.646. The van der Waals surface area contributed by atoms with E-state index < -0.39 is 17.8 Å². The van der Waals surface area contributed by atoms with Gasteiger partial charge >= 0.3 is 6.09 Å². The predicted octanol–water partition coefficient (Wildman–Crippen LogP) is 1.35. The topological polar surface area (TPSA) is 87.7 Å². The summed E-state index contributed by atoms with van der Waals surface area (Å²) in [5.41, 5.74) is -0.520. The molecule has 118 valence electrons. The monoisotopic (exact) mass is 308 g/mol. The minimum Gasteiger partial charge on any atom is -0.444 e. The molecule has 0 radical (unpaired) electrons. The molecule has 0 aromatic rings. The van der Waals surface area contributed by atoms with E-state index >= 15 is 0 Å². The fourth-order valence-corrected chi connectivity index (χ4v) is 1.46. The minimum absolute atomic E-state index is 0. The van der Waals surface area contributed by atoms with Crippen molar-refractivity contribution in [2.45, 2.75) is 64.2 Å². The van der Waals surface area contributed by atoms with Crippen LogP contribution in [-0.2, 0) is 9.53 Å². The highest BCUT2D eigenvalue weighted by Crippen LogP contribution is 2.18. The van der Waals surface area contributed by atoms with Crippen molar-refractivity contribution in [2.24, 2.45) is 0 Å². The molecule has 0 aromatic heterocycles. The van der Waals surface area contributed by atoms with Crippen LogP contribution in [0.15, 0.2) is 0 Å². The van der Waals surface area contributed by atoms with Crippen LogP contribution in [0.4, 0.5) is 4.79 Å². The maximum Gasteiger partial charge on any atom is 0.407 e. The Labute approximate surface area is 126 Å². The molecule has 1 aliphatic carbocycles. The van der Waals surface area contributed by atoms with Crippen molar-refractivity contribution < 1.29 is 19.4 Å².